The van der Waals surface area contributed by atoms with E-state index in [0.717, 1.165) is 23.8 Å². The van der Waals surface area contributed by atoms with Crippen molar-refractivity contribution in [3.63, 3.8) is 0 Å². The second-order valence-corrected chi connectivity index (χ2v) is 5.40. The minimum Gasteiger partial charge on any atom is -0.489 e. The first-order chi connectivity index (χ1) is 10.8. The molecule has 22 heavy (non-hydrogen) atoms. The first kappa shape index (κ1) is 16.1. The van der Waals surface area contributed by atoms with Gasteiger partial charge in [-0.2, -0.15) is 11.3 Å². The fourth-order valence-corrected chi connectivity index (χ4v) is 2.59. The third-order valence-corrected chi connectivity index (χ3v) is 3.77. The van der Waals surface area contributed by atoms with Crippen LogP contribution in [0.1, 0.15) is 11.1 Å². The van der Waals surface area contributed by atoms with Gasteiger partial charge in [-0.05, 0) is 28.5 Å². The zero-order valence-electron chi connectivity index (χ0n) is 12.7. The lowest BCUT2D eigenvalue weighted by Crippen LogP contribution is -2.36. The molecule has 2 rings (SSSR count). The van der Waals surface area contributed by atoms with Crippen LogP contribution in [0.15, 0.2) is 58.7 Å². The lowest BCUT2D eigenvalue weighted by molar-refractivity contribution is 0.358. The summed E-state index contributed by atoms with van der Waals surface area (Å²) in [5, 5.41) is 10.8. The highest BCUT2D eigenvalue weighted by atomic mass is 32.1. The van der Waals surface area contributed by atoms with Crippen LogP contribution in [0.25, 0.3) is 0 Å². The molecule has 5 heteroatoms. The summed E-state index contributed by atoms with van der Waals surface area (Å²) in [5.74, 6) is 1.63. The number of aliphatic imine (C=N–C) groups is 1. The predicted octanol–water partition coefficient (Wildman–Crippen LogP) is 3.18. The van der Waals surface area contributed by atoms with Crippen LogP contribution in [-0.2, 0) is 13.1 Å². The van der Waals surface area contributed by atoms with Crippen molar-refractivity contribution in [2.45, 2.75) is 13.1 Å². The summed E-state index contributed by atoms with van der Waals surface area (Å²) >= 11 is 1.69. The Morgan fingerprint density at radius 1 is 1.27 bits per heavy atom. The van der Waals surface area contributed by atoms with E-state index in [-0.39, 0.29) is 0 Å². The number of nitrogens with one attached hydrogen (secondary N) is 2. The van der Waals surface area contributed by atoms with Gasteiger partial charge in [-0.3, -0.25) is 4.99 Å². The van der Waals surface area contributed by atoms with Gasteiger partial charge in [-0.15, -0.1) is 0 Å². The lowest BCUT2D eigenvalue weighted by Gasteiger charge is -2.14. The number of hydrogen-bond acceptors (Lipinski definition) is 3. The average Bonchev–Trinajstić information content (AvgIpc) is 3.07. The Morgan fingerprint density at radius 3 is 2.82 bits per heavy atom. The summed E-state index contributed by atoms with van der Waals surface area (Å²) in [6.45, 7) is 5.59. The van der Waals surface area contributed by atoms with Crippen molar-refractivity contribution in [2.24, 2.45) is 4.99 Å². The molecule has 0 atom stereocenters. The zero-order chi connectivity index (χ0) is 15.6. The first-order valence-corrected chi connectivity index (χ1v) is 8.05. The third-order valence-electron chi connectivity index (χ3n) is 3.04. The number of rotatable bonds is 7. The van der Waals surface area contributed by atoms with Crippen LogP contribution in [0.4, 0.5) is 0 Å². The maximum atomic E-state index is 5.65. The molecular weight excluding hydrogens is 294 g/mol. The minimum absolute atomic E-state index is 0.502. The largest absolute Gasteiger partial charge is 0.489 e. The summed E-state index contributed by atoms with van der Waals surface area (Å²) in [5.41, 5.74) is 2.34. The van der Waals surface area contributed by atoms with Gasteiger partial charge in [0.05, 0.1) is 0 Å². The van der Waals surface area contributed by atoms with Crippen LogP contribution in [0, 0.1) is 0 Å². The number of nitrogens with zero attached hydrogens (tertiary/aromatic N) is 1. The van der Waals surface area contributed by atoms with Crippen molar-refractivity contribution in [3.05, 3.63) is 64.9 Å². The van der Waals surface area contributed by atoms with Gasteiger partial charge in [-0.1, -0.05) is 30.9 Å². The number of para-hydroxylation sites is 1. The smallest absolute Gasteiger partial charge is 0.191 e. The van der Waals surface area contributed by atoms with Crippen LogP contribution in [-0.4, -0.2) is 19.6 Å². The topological polar surface area (TPSA) is 45.6 Å². The van der Waals surface area contributed by atoms with Crippen molar-refractivity contribution in [1.29, 1.82) is 0 Å². The van der Waals surface area contributed by atoms with Crippen molar-refractivity contribution >= 4 is 17.3 Å². The Bertz CT molecular complexity index is 608. The van der Waals surface area contributed by atoms with Gasteiger partial charge in [0.1, 0.15) is 12.4 Å². The number of guanidine groups is 1. The van der Waals surface area contributed by atoms with Crippen LogP contribution >= 0.6 is 11.3 Å². The van der Waals surface area contributed by atoms with Gasteiger partial charge < -0.3 is 15.4 Å². The van der Waals surface area contributed by atoms with E-state index < -0.39 is 0 Å². The third kappa shape index (κ3) is 4.93. The minimum atomic E-state index is 0.502. The van der Waals surface area contributed by atoms with E-state index in [1.807, 2.05) is 24.3 Å². The molecule has 2 aromatic rings. The highest BCUT2D eigenvalue weighted by Gasteiger charge is 2.04. The Kier molecular flexibility index (Phi) is 6.51. The standard InChI is InChI=1S/C17H21N3OS/c1-3-9-21-16-7-5-4-6-15(16)12-20-17(18-2)19-11-14-8-10-22-13-14/h3-8,10,13H,1,9,11-12H2,2H3,(H2,18,19,20). The van der Waals surface area contributed by atoms with Crippen molar-refractivity contribution in [2.75, 3.05) is 13.7 Å². The van der Waals surface area contributed by atoms with Gasteiger partial charge >= 0.3 is 0 Å². The molecule has 4 nitrogen and oxygen atoms in total. The molecule has 0 radical (unpaired) electrons. The first-order valence-electron chi connectivity index (χ1n) is 7.10. The Morgan fingerprint density at radius 2 is 2.09 bits per heavy atom. The monoisotopic (exact) mass is 315 g/mol. The molecule has 1 heterocycles. The van der Waals surface area contributed by atoms with E-state index in [1.54, 1.807) is 24.5 Å². The second kappa shape index (κ2) is 8.89. The van der Waals surface area contributed by atoms with E-state index >= 15 is 0 Å². The van der Waals surface area contributed by atoms with Gasteiger partial charge in [0.25, 0.3) is 0 Å². The molecular formula is C17H21N3OS. The van der Waals surface area contributed by atoms with Gasteiger partial charge in [0, 0.05) is 25.7 Å². The number of thiophene rings is 1. The molecule has 0 saturated heterocycles. The highest BCUT2D eigenvalue weighted by molar-refractivity contribution is 7.07. The van der Waals surface area contributed by atoms with Crippen molar-refractivity contribution < 1.29 is 4.74 Å². The van der Waals surface area contributed by atoms with Crippen molar-refractivity contribution in [1.82, 2.24) is 10.6 Å². The normalized spacial score (nSPS) is 11.0. The Balaban J connectivity index is 1.88. The molecule has 0 aliphatic carbocycles. The van der Waals surface area contributed by atoms with E-state index in [0.29, 0.717) is 13.2 Å². The summed E-state index contributed by atoms with van der Waals surface area (Å²) in [4.78, 5) is 4.24. The molecule has 0 saturated carbocycles. The quantitative estimate of drug-likeness (QED) is 0.469. The molecule has 2 N–H and O–H groups in total. The summed E-state index contributed by atoms with van der Waals surface area (Å²) in [6.07, 6.45) is 1.74. The fraction of sp³-hybridized carbons (Fsp3) is 0.235. The van der Waals surface area contributed by atoms with Crippen LogP contribution in [0.3, 0.4) is 0 Å². The van der Waals surface area contributed by atoms with Crippen LogP contribution in [0.5, 0.6) is 5.75 Å². The molecule has 0 amide bonds. The molecule has 0 spiro atoms. The van der Waals surface area contributed by atoms with Gasteiger partial charge in [0.15, 0.2) is 5.96 Å². The zero-order valence-corrected chi connectivity index (χ0v) is 13.5. The SMILES string of the molecule is C=CCOc1ccccc1CNC(=NC)NCc1ccsc1. The Hall–Kier alpha value is -2.27. The molecule has 1 aromatic carbocycles. The van der Waals surface area contributed by atoms with Gasteiger partial charge in [0.2, 0.25) is 0 Å². The number of hydrogen-bond donors (Lipinski definition) is 2. The number of benzene rings is 1. The van der Waals surface area contributed by atoms with E-state index in [2.05, 4.69) is 39.0 Å². The van der Waals surface area contributed by atoms with E-state index in [1.165, 1.54) is 5.56 Å². The van der Waals surface area contributed by atoms with Crippen molar-refractivity contribution in [3.8, 4) is 5.75 Å². The predicted molar refractivity (Wildman–Crippen MR) is 93.5 cm³/mol. The maximum absolute atomic E-state index is 5.65. The molecule has 0 bridgehead atoms. The summed E-state index contributed by atoms with van der Waals surface area (Å²) < 4.78 is 5.65. The van der Waals surface area contributed by atoms with E-state index in [4.69, 9.17) is 4.74 Å². The van der Waals surface area contributed by atoms with Gasteiger partial charge in [-0.25, -0.2) is 0 Å². The van der Waals surface area contributed by atoms with Crippen LogP contribution in [0.2, 0.25) is 0 Å². The number of ether oxygens (including phenoxy) is 1. The molecule has 0 fully saturated rings. The molecule has 0 unspecified atom stereocenters. The molecule has 0 aliphatic rings. The summed E-state index contributed by atoms with van der Waals surface area (Å²) in [6, 6.07) is 10.1. The highest BCUT2D eigenvalue weighted by Crippen LogP contribution is 2.17. The maximum Gasteiger partial charge on any atom is 0.191 e. The summed E-state index contributed by atoms with van der Waals surface area (Å²) in [7, 11) is 1.77. The second-order valence-electron chi connectivity index (χ2n) is 4.62. The fourth-order valence-electron chi connectivity index (χ4n) is 1.92. The van der Waals surface area contributed by atoms with E-state index in [9.17, 15) is 0 Å². The lowest BCUT2D eigenvalue weighted by atomic mass is 10.2. The Labute approximate surface area is 135 Å². The molecule has 0 aliphatic heterocycles. The van der Waals surface area contributed by atoms with Crippen LogP contribution < -0.4 is 15.4 Å². The molecule has 1 aromatic heterocycles. The average molecular weight is 315 g/mol. The molecule has 116 valence electrons.